The lowest BCUT2D eigenvalue weighted by Gasteiger charge is -2.18. The van der Waals surface area contributed by atoms with Gasteiger partial charge in [0.15, 0.2) is 6.73 Å². The molecule has 1 aromatic carbocycles. The number of ether oxygens (including phenoxy) is 2. The molecule has 0 spiro atoms. The minimum Gasteiger partial charge on any atom is -0.444 e. The van der Waals surface area contributed by atoms with Crippen LogP contribution in [0, 0.1) is 0 Å². The van der Waals surface area contributed by atoms with Crippen molar-refractivity contribution in [3.8, 4) is 0 Å². The maximum absolute atomic E-state index is 11.8. The van der Waals surface area contributed by atoms with E-state index in [2.05, 4.69) is 0 Å². The summed E-state index contributed by atoms with van der Waals surface area (Å²) in [6.45, 7) is 2.00. The first-order chi connectivity index (χ1) is 8.72. The fraction of sp³-hybridized carbons (Fsp3) is 0.385. The van der Waals surface area contributed by atoms with E-state index in [4.69, 9.17) is 9.47 Å². The molecule has 0 saturated carbocycles. The van der Waals surface area contributed by atoms with Gasteiger partial charge in [-0.05, 0) is 12.0 Å². The van der Waals surface area contributed by atoms with Crippen molar-refractivity contribution < 1.29 is 19.1 Å². The van der Waals surface area contributed by atoms with Crippen LogP contribution in [0.15, 0.2) is 30.3 Å². The predicted octanol–water partition coefficient (Wildman–Crippen LogP) is 1.92. The van der Waals surface area contributed by atoms with E-state index in [0.717, 1.165) is 5.56 Å². The zero-order chi connectivity index (χ0) is 13.0. The fourth-order valence-corrected chi connectivity index (χ4v) is 1.82. The highest BCUT2D eigenvalue weighted by atomic mass is 16.6. The summed E-state index contributed by atoms with van der Waals surface area (Å²) in [6.07, 6.45) is 0.00997. The summed E-state index contributed by atoms with van der Waals surface area (Å²) in [6, 6.07) is 8.87. The van der Waals surface area contributed by atoms with Crippen LogP contribution in [0.4, 0.5) is 4.79 Å². The third-order valence-electron chi connectivity index (χ3n) is 2.82. The Morgan fingerprint density at radius 1 is 1.44 bits per heavy atom. The number of carbonyl (C=O) groups excluding carboxylic acids is 2. The first-order valence-corrected chi connectivity index (χ1v) is 5.86. The number of hydrogen-bond donors (Lipinski definition) is 0. The summed E-state index contributed by atoms with van der Waals surface area (Å²) in [4.78, 5) is 24.4. The van der Waals surface area contributed by atoms with Crippen molar-refractivity contribution in [2.75, 3.05) is 6.73 Å². The van der Waals surface area contributed by atoms with Crippen LogP contribution >= 0.6 is 0 Å². The number of benzene rings is 1. The van der Waals surface area contributed by atoms with Gasteiger partial charge in [-0.1, -0.05) is 37.3 Å². The smallest absolute Gasteiger partial charge is 0.413 e. The Morgan fingerprint density at radius 3 is 2.83 bits per heavy atom. The van der Waals surface area contributed by atoms with Crippen LogP contribution in [0.3, 0.4) is 0 Å². The van der Waals surface area contributed by atoms with Gasteiger partial charge in [-0.3, -0.25) is 4.90 Å². The van der Waals surface area contributed by atoms with Crippen LogP contribution in [0.1, 0.15) is 18.9 Å². The number of amides is 1. The van der Waals surface area contributed by atoms with Crippen molar-refractivity contribution in [1.82, 2.24) is 4.90 Å². The van der Waals surface area contributed by atoms with Crippen molar-refractivity contribution in [3.05, 3.63) is 35.9 Å². The second kappa shape index (κ2) is 5.53. The molecule has 0 radical (unpaired) electrons. The Morgan fingerprint density at radius 2 is 2.17 bits per heavy atom. The predicted molar refractivity (Wildman–Crippen MR) is 63.5 cm³/mol. The number of rotatable bonds is 3. The summed E-state index contributed by atoms with van der Waals surface area (Å²) in [7, 11) is 0. The molecule has 1 aromatic rings. The van der Waals surface area contributed by atoms with E-state index < -0.39 is 12.1 Å². The average molecular weight is 249 g/mol. The molecule has 2 rings (SSSR count). The molecule has 0 aliphatic carbocycles. The lowest BCUT2D eigenvalue weighted by atomic mass is 10.2. The third kappa shape index (κ3) is 2.61. The normalized spacial score (nSPS) is 18.6. The monoisotopic (exact) mass is 249 g/mol. The molecule has 0 aromatic heterocycles. The van der Waals surface area contributed by atoms with Gasteiger partial charge in [-0.2, -0.15) is 0 Å². The Kier molecular flexibility index (Phi) is 3.82. The van der Waals surface area contributed by atoms with Crippen LogP contribution in [0.5, 0.6) is 0 Å². The summed E-state index contributed by atoms with van der Waals surface area (Å²) in [5.41, 5.74) is 0.908. The molecular weight excluding hydrogens is 234 g/mol. The van der Waals surface area contributed by atoms with Crippen molar-refractivity contribution in [3.63, 3.8) is 0 Å². The summed E-state index contributed by atoms with van der Waals surface area (Å²) < 4.78 is 9.98. The summed E-state index contributed by atoms with van der Waals surface area (Å²) in [5, 5.41) is 0. The van der Waals surface area contributed by atoms with Crippen molar-refractivity contribution >= 4 is 12.1 Å². The quantitative estimate of drug-likeness (QED) is 0.768. The van der Waals surface area contributed by atoms with Gasteiger partial charge in [-0.15, -0.1) is 0 Å². The number of cyclic esters (lactones) is 1. The van der Waals surface area contributed by atoms with Crippen LogP contribution in [-0.2, 0) is 20.9 Å². The van der Waals surface area contributed by atoms with E-state index in [1.165, 1.54) is 4.90 Å². The van der Waals surface area contributed by atoms with Gasteiger partial charge >= 0.3 is 12.1 Å². The highest BCUT2D eigenvalue weighted by Crippen LogP contribution is 2.16. The first kappa shape index (κ1) is 12.4. The lowest BCUT2D eigenvalue weighted by Crippen LogP contribution is -2.37. The van der Waals surface area contributed by atoms with Gasteiger partial charge in [0.2, 0.25) is 0 Å². The first-order valence-electron chi connectivity index (χ1n) is 5.86. The van der Waals surface area contributed by atoms with Crippen molar-refractivity contribution in [1.29, 1.82) is 0 Å². The van der Waals surface area contributed by atoms with Crippen LogP contribution in [0.2, 0.25) is 0 Å². The maximum Gasteiger partial charge on any atom is 0.413 e. The summed E-state index contributed by atoms with van der Waals surface area (Å²) >= 11 is 0. The second-order valence-corrected chi connectivity index (χ2v) is 4.03. The SMILES string of the molecule is CC[C@H]1C(=O)OCN1C(=O)OCc1ccccc1. The van der Waals surface area contributed by atoms with Crippen LogP contribution in [-0.4, -0.2) is 29.7 Å². The Balaban J connectivity index is 1.90. The van der Waals surface area contributed by atoms with E-state index in [0.29, 0.717) is 6.42 Å². The molecule has 1 fully saturated rings. The molecule has 1 atom stereocenters. The van der Waals surface area contributed by atoms with Crippen LogP contribution < -0.4 is 0 Å². The highest BCUT2D eigenvalue weighted by Gasteiger charge is 2.37. The molecule has 0 bridgehead atoms. The minimum absolute atomic E-state index is 0.0229. The van der Waals surface area contributed by atoms with Gasteiger partial charge in [-0.25, -0.2) is 9.59 Å². The second-order valence-electron chi connectivity index (χ2n) is 4.03. The van der Waals surface area contributed by atoms with E-state index in [9.17, 15) is 9.59 Å². The molecule has 1 amide bonds. The van der Waals surface area contributed by atoms with E-state index in [1.54, 1.807) is 0 Å². The van der Waals surface area contributed by atoms with Gasteiger partial charge in [0, 0.05) is 0 Å². The number of carbonyl (C=O) groups is 2. The molecule has 1 heterocycles. The Labute approximate surface area is 105 Å². The Hall–Kier alpha value is -2.04. The number of esters is 1. The molecule has 5 heteroatoms. The third-order valence-corrected chi connectivity index (χ3v) is 2.82. The van der Waals surface area contributed by atoms with E-state index >= 15 is 0 Å². The molecule has 5 nitrogen and oxygen atoms in total. The molecule has 1 saturated heterocycles. The molecular formula is C13H15NO4. The molecule has 1 aliphatic heterocycles. The molecule has 0 unspecified atom stereocenters. The van der Waals surface area contributed by atoms with Crippen molar-refractivity contribution in [2.24, 2.45) is 0 Å². The van der Waals surface area contributed by atoms with Crippen LogP contribution in [0.25, 0.3) is 0 Å². The highest BCUT2D eigenvalue weighted by molar-refractivity contribution is 5.83. The van der Waals surface area contributed by atoms with Gasteiger partial charge in [0.05, 0.1) is 0 Å². The Bertz CT molecular complexity index is 432. The minimum atomic E-state index is -0.520. The molecule has 0 N–H and O–H groups in total. The number of nitrogens with zero attached hydrogens (tertiary/aromatic N) is 1. The fourth-order valence-electron chi connectivity index (χ4n) is 1.82. The van der Waals surface area contributed by atoms with Crippen molar-refractivity contribution in [2.45, 2.75) is 26.0 Å². The molecule has 96 valence electrons. The van der Waals surface area contributed by atoms with E-state index in [-0.39, 0.29) is 19.3 Å². The molecule has 1 aliphatic rings. The van der Waals surface area contributed by atoms with Gasteiger partial charge in [0.25, 0.3) is 0 Å². The zero-order valence-corrected chi connectivity index (χ0v) is 10.2. The van der Waals surface area contributed by atoms with Gasteiger partial charge < -0.3 is 9.47 Å². The maximum atomic E-state index is 11.8. The lowest BCUT2D eigenvalue weighted by molar-refractivity contribution is -0.139. The standard InChI is InChI=1S/C13H15NO4/c1-2-11-12(15)18-9-14(11)13(16)17-8-10-6-4-3-5-7-10/h3-7,11H,2,8-9H2,1H3/t11-/m0/s1. The topological polar surface area (TPSA) is 55.8 Å². The summed E-state index contributed by atoms with van der Waals surface area (Å²) in [5.74, 6) is -0.367. The van der Waals surface area contributed by atoms with Gasteiger partial charge in [0.1, 0.15) is 12.6 Å². The number of hydrogen-bond acceptors (Lipinski definition) is 4. The molecule has 18 heavy (non-hydrogen) atoms. The zero-order valence-electron chi connectivity index (χ0n) is 10.2. The largest absolute Gasteiger partial charge is 0.444 e. The van der Waals surface area contributed by atoms with E-state index in [1.807, 2.05) is 37.3 Å². The average Bonchev–Trinajstić information content (AvgIpc) is 2.78.